The molecule has 0 radical (unpaired) electrons. The molecule has 1 fully saturated rings. The van der Waals surface area contributed by atoms with Gasteiger partial charge in [-0.3, -0.25) is 4.90 Å². The van der Waals surface area contributed by atoms with E-state index < -0.39 is 0 Å². The topological polar surface area (TPSA) is 24.9 Å². The molecule has 3 aromatic rings. The van der Waals surface area contributed by atoms with Crippen LogP contribution >= 0.6 is 0 Å². The Bertz CT molecular complexity index is 1070. The molecule has 2 aliphatic heterocycles. The Morgan fingerprint density at radius 3 is 2.72 bits per heavy atom. The number of rotatable bonds is 6. The molecule has 4 nitrogen and oxygen atoms in total. The minimum Gasteiger partial charge on any atom is -0.497 e. The van der Waals surface area contributed by atoms with Crippen LogP contribution in [0.1, 0.15) is 24.0 Å². The van der Waals surface area contributed by atoms with E-state index >= 15 is 0 Å². The summed E-state index contributed by atoms with van der Waals surface area (Å²) < 4.78 is 25.2. The van der Waals surface area contributed by atoms with Crippen molar-refractivity contribution in [2.45, 2.75) is 31.9 Å². The molecule has 32 heavy (non-hydrogen) atoms. The summed E-state index contributed by atoms with van der Waals surface area (Å²) in [7, 11) is 1.70. The number of para-hydroxylation sites is 1. The van der Waals surface area contributed by atoms with Gasteiger partial charge in [0, 0.05) is 36.4 Å². The second kappa shape index (κ2) is 9.21. The van der Waals surface area contributed by atoms with Gasteiger partial charge in [-0.05, 0) is 61.7 Å². The molecular weight excluding hydrogens is 403 g/mol. The van der Waals surface area contributed by atoms with Crippen molar-refractivity contribution in [3.05, 3.63) is 83.7 Å². The number of methoxy groups -OCH3 is 1. The highest BCUT2D eigenvalue weighted by Crippen LogP contribution is 2.40. The first-order valence-electron chi connectivity index (χ1n) is 11.4. The first kappa shape index (κ1) is 20.8. The Hall–Kier alpha value is -3.05. The molecule has 0 bridgehead atoms. The molecule has 1 saturated heterocycles. The van der Waals surface area contributed by atoms with Crippen LogP contribution in [0.25, 0.3) is 0 Å². The summed E-state index contributed by atoms with van der Waals surface area (Å²) in [4.78, 5) is 4.93. The Morgan fingerprint density at radius 2 is 1.88 bits per heavy atom. The standard InChI is InChI=1S/C27H29FN2O2/c1-31-24-11-8-20(9-12-24)14-16-29-15-4-6-23(29)18-30-25-7-3-2-5-21(25)19-32-27-17-22(28)10-13-26(27)30/h2-3,5,7-13,17,23H,4,6,14-16,18-19H2,1H3. The average molecular weight is 433 g/mol. The summed E-state index contributed by atoms with van der Waals surface area (Å²) in [6.07, 6.45) is 3.39. The second-order valence-electron chi connectivity index (χ2n) is 8.57. The second-order valence-corrected chi connectivity index (χ2v) is 8.57. The lowest BCUT2D eigenvalue weighted by Crippen LogP contribution is -2.39. The summed E-state index contributed by atoms with van der Waals surface area (Å²) in [5.74, 6) is 1.24. The highest BCUT2D eigenvalue weighted by molar-refractivity contribution is 5.73. The molecule has 0 N–H and O–H groups in total. The molecule has 1 atom stereocenters. The molecule has 2 aliphatic rings. The zero-order valence-electron chi connectivity index (χ0n) is 18.5. The zero-order chi connectivity index (χ0) is 21.9. The Labute approximate surface area is 189 Å². The average Bonchev–Trinajstić information content (AvgIpc) is 3.21. The number of nitrogens with zero attached hydrogens (tertiary/aromatic N) is 2. The van der Waals surface area contributed by atoms with E-state index in [0.29, 0.717) is 18.4 Å². The maximum atomic E-state index is 13.9. The van der Waals surface area contributed by atoms with Crippen molar-refractivity contribution in [1.82, 2.24) is 4.90 Å². The molecule has 0 aromatic heterocycles. The number of hydrogen-bond donors (Lipinski definition) is 0. The third-order valence-corrected chi connectivity index (χ3v) is 6.62. The molecule has 1 unspecified atom stereocenters. The van der Waals surface area contributed by atoms with Crippen LogP contribution in [-0.2, 0) is 13.0 Å². The molecule has 3 aromatic carbocycles. The van der Waals surface area contributed by atoms with Crippen LogP contribution in [0.5, 0.6) is 11.5 Å². The van der Waals surface area contributed by atoms with Gasteiger partial charge >= 0.3 is 0 Å². The number of likely N-dealkylation sites (tertiary alicyclic amines) is 1. The van der Waals surface area contributed by atoms with E-state index in [4.69, 9.17) is 9.47 Å². The number of halogens is 1. The molecule has 0 aliphatic carbocycles. The van der Waals surface area contributed by atoms with Crippen LogP contribution in [0, 0.1) is 5.82 Å². The molecule has 0 saturated carbocycles. The maximum Gasteiger partial charge on any atom is 0.146 e. The predicted molar refractivity (Wildman–Crippen MR) is 125 cm³/mol. The van der Waals surface area contributed by atoms with Crippen molar-refractivity contribution >= 4 is 11.4 Å². The van der Waals surface area contributed by atoms with E-state index in [1.165, 1.54) is 30.5 Å². The Kier molecular flexibility index (Phi) is 5.99. The van der Waals surface area contributed by atoms with Crippen LogP contribution in [0.3, 0.4) is 0 Å². The van der Waals surface area contributed by atoms with Gasteiger partial charge in [-0.2, -0.15) is 0 Å². The first-order chi connectivity index (χ1) is 15.7. The monoisotopic (exact) mass is 432 g/mol. The van der Waals surface area contributed by atoms with E-state index in [2.05, 4.69) is 40.1 Å². The predicted octanol–water partition coefficient (Wildman–Crippen LogP) is 5.57. The van der Waals surface area contributed by atoms with Crippen LogP contribution in [0.4, 0.5) is 15.8 Å². The smallest absolute Gasteiger partial charge is 0.146 e. The molecule has 0 spiro atoms. The fourth-order valence-corrected chi connectivity index (χ4v) is 4.88. The highest BCUT2D eigenvalue weighted by Gasteiger charge is 2.30. The number of fused-ring (bicyclic) bond motifs is 2. The molecular formula is C27H29FN2O2. The largest absolute Gasteiger partial charge is 0.497 e. The summed E-state index contributed by atoms with van der Waals surface area (Å²) in [5.41, 5.74) is 4.55. The van der Waals surface area contributed by atoms with E-state index in [0.717, 1.165) is 48.7 Å². The summed E-state index contributed by atoms with van der Waals surface area (Å²) in [6.45, 7) is 3.46. The lowest BCUT2D eigenvalue weighted by molar-refractivity contribution is 0.261. The fraction of sp³-hybridized carbons (Fsp3) is 0.333. The van der Waals surface area contributed by atoms with Crippen LogP contribution in [0.15, 0.2) is 66.7 Å². The van der Waals surface area contributed by atoms with E-state index in [9.17, 15) is 4.39 Å². The van der Waals surface area contributed by atoms with Crippen molar-refractivity contribution in [2.24, 2.45) is 0 Å². The highest BCUT2D eigenvalue weighted by atomic mass is 19.1. The van der Waals surface area contributed by atoms with Gasteiger partial charge in [0.25, 0.3) is 0 Å². The van der Waals surface area contributed by atoms with Gasteiger partial charge in [0.2, 0.25) is 0 Å². The van der Waals surface area contributed by atoms with Gasteiger partial charge in [-0.1, -0.05) is 30.3 Å². The lowest BCUT2D eigenvalue weighted by Gasteiger charge is -2.32. The van der Waals surface area contributed by atoms with Gasteiger partial charge in [0.1, 0.15) is 23.9 Å². The molecule has 166 valence electrons. The van der Waals surface area contributed by atoms with Gasteiger partial charge in [-0.25, -0.2) is 4.39 Å². The Balaban J connectivity index is 1.36. The number of ether oxygens (including phenoxy) is 2. The van der Waals surface area contributed by atoms with Crippen molar-refractivity contribution in [2.75, 3.05) is 31.6 Å². The minimum atomic E-state index is -0.267. The summed E-state index contributed by atoms with van der Waals surface area (Å²) >= 11 is 0. The third kappa shape index (κ3) is 4.30. The lowest BCUT2D eigenvalue weighted by atomic mass is 10.1. The fourth-order valence-electron chi connectivity index (χ4n) is 4.88. The summed E-state index contributed by atoms with van der Waals surface area (Å²) in [5, 5.41) is 0. The molecule has 0 amide bonds. The molecule has 5 rings (SSSR count). The number of hydrogen-bond acceptors (Lipinski definition) is 4. The van der Waals surface area contributed by atoms with Gasteiger partial charge in [0.15, 0.2) is 0 Å². The zero-order valence-corrected chi connectivity index (χ0v) is 18.5. The van der Waals surface area contributed by atoms with Crippen molar-refractivity contribution in [1.29, 1.82) is 0 Å². The van der Waals surface area contributed by atoms with Crippen LogP contribution in [0.2, 0.25) is 0 Å². The Morgan fingerprint density at radius 1 is 1.03 bits per heavy atom. The summed E-state index contributed by atoms with van der Waals surface area (Å²) in [6, 6.07) is 22.0. The minimum absolute atomic E-state index is 0.267. The van der Waals surface area contributed by atoms with Gasteiger partial charge in [-0.15, -0.1) is 0 Å². The number of anilines is 2. The van der Waals surface area contributed by atoms with E-state index in [-0.39, 0.29) is 5.82 Å². The third-order valence-electron chi connectivity index (χ3n) is 6.62. The quantitative estimate of drug-likeness (QED) is 0.508. The van der Waals surface area contributed by atoms with Gasteiger partial charge in [0.05, 0.1) is 12.8 Å². The maximum absolute atomic E-state index is 13.9. The number of benzene rings is 3. The van der Waals surface area contributed by atoms with Gasteiger partial charge < -0.3 is 14.4 Å². The van der Waals surface area contributed by atoms with Crippen LogP contribution < -0.4 is 14.4 Å². The van der Waals surface area contributed by atoms with Crippen molar-refractivity contribution < 1.29 is 13.9 Å². The SMILES string of the molecule is COc1ccc(CCN2CCCC2CN2c3ccccc3COc3cc(F)ccc32)cc1. The molecule has 5 heteroatoms. The normalized spacial score (nSPS) is 17.9. The van der Waals surface area contributed by atoms with Crippen molar-refractivity contribution in [3.8, 4) is 11.5 Å². The van der Waals surface area contributed by atoms with E-state index in [1.54, 1.807) is 7.11 Å². The van der Waals surface area contributed by atoms with Crippen molar-refractivity contribution in [3.63, 3.8) is 0 Å². The van der Waals surface area contributed by atoms with E-state index in [1.807, 2.05) is 24.3 Å². The van der Waals surface area contributed by atoms with Crippen LogP contribution in [-0.4, -0.2) is 37.7 Å². The molecule has 2 heterocycles. The first-order valence-corrected chi connectivity index (χ1v) is 11.4.